The number of nitrogens with zero attached hydrogens (tertiary/aromatic N) is 4. The van der Waals surface area contributed by atoms with E-state index in [-0.39, 0.29) is 23.9 Å². The fourth-order valence-corrected chi connectivity index (χ4v) is 3.72. The van der Waals surface area contributed by atoms with Gasteiger partial charge in [0.05, 0.1) is 19.5 Å². The third kappa shape index (κ3) is 3.16. The van der Waals surface area contributed by atoms with Crippen LogP contribution in [0.2, 0.25) is 5.28 Å². The van der Waals surface area contributed by atoms with E-state index in [0.29, 0.717) is 17.7 Å². The van der Waals surface area contributed by atoms with Gasteiger partial charge >= 0.3 is 7.60 Å². The molecule has 0 N–H and O–H groups in total. The standard InChI is InChI=1S/C12H16ClN4O3P/c1-4-7-17-8-14-9-10(17)15-12(13)16-11(9)21(18,19-5-2)20-6-3/h4,8H,1,5-7H2,2-3H3. The summed E-state index contributed by atoms with van der Waals surface area (Å²) in [5.74, 6) is 0. The Bertz CT molecular complexity index is 693. The van der Waals surface area contributed by atoms with Crippen LogP contribution in [0.5, 0.6) is 0 Å². The number of hydrogen-bond acceptors (Lipinski definition) is 6. The molecule has 0 unspecified atom stereocenters. The van der Waals surface area contributed by atoms with Crippen molar-refractivity contribution >= 4 is 35.8 Å². The number of hydrogen-bond donors (Lipinski definition) is 0. The average Bonchev–Trinajstić information content (AvgIpc) is 2.82. The van der Waals surface area contributed by atoms with Gasteiger partial charge in [-0.25, -0.2) is 9.97 Å². The fourth-order valence-electron chi connectivity index (χ4n) is 1.87. The Kier molecular flexibility index (Phi) is 5.11. The molecule has 2 aromatic heterocycles. The minimum atomic E-state index is -3.59. The van der Waals surface area contributed by atoms with Crippen molar-refractivity contribution in [1.82, 2.24) is 19.5 Å². The Morgan fingerprint density at radius 1 is 1.38 bits per heavy atom. The van der Waals surface area contributed by atoms with Crippen molar-refractivity contribution in [3.05, 3.63) is 24.3 Å². The molecule has 2 heterocycles. The van der Waals surface area contributed by atoms with Gasteiger partial charge in [-0.05, 0) is 25.4 Å². The molecule has 2 aromatic rings. The normalized spacial score (nSPS) is 12.0. The van der Waals surface area contributed by atoms with Crippen molar-refractivity contribution < 1.29 is 13.6 Å². The summed E-state index contributed by atoms with van der Waals surface area (Å²) < 4.78 is 25.2. The number of fused-ring (bicyclic) bond motifs is 1. The lowest BCUT2D eigenvalue weighted by Gasteiger charge is -2.16. The Morgan fingerprint density at radius 3 is 2.62 bits per heavy atom. The number of aromatic nitrogens is 4. The first-order valence-corrected chi connectivity index (χ1v) is 8.36. The summed E-state index contributed by atoms with van der Waals surface area (Å²) in [6.07, 6.45) is 3.25. The Balaban J connectivity index is 2.67. The highest BCUT2D eigenvalue weighted by Crippen LogP contribution is 2.47. The number of imidazole rings is 1. The van der Waals surface area contributed by atoms with E-state index in [4.69, 9.17) is 20.6 Å². The first-order valence-electron chi connectivity index (χ1n) is 6.44. The van der Waals surface area contributed by atoms with Crippen LogP contribution in [0.25, 0.3) is 11.2 Å². The van der Waals surface area contributed by atoms with Gasteiger partial charge in [-0.2, -0.15) is 4.98 Å². The van der Waals surface area contributed by atoms with Gasteiger partial charge in [0.25, 0.3) is 0 Å². The molecule has 0 aliphatic heterocycles. The molecule has 114 valence electrons. The van der Waals surface area contributed by atoms with Gasteiger partial charge in [0.1, 0.15) is 5.52 Å². The molecule has 0 aromatic carbocycles. The third-order valence-corrected chi connectivity index (χ3v) is 4.80. The summed E-state index contributed by atoms with van der Waals surface area (Å²) in [5, 5.41) is -0.0389. The van der Waals surface area contributed by atoms with E-state index in [0.717, 1.165) is 0 Å². The maximum absolute atomic E-state index is 12.9. The van der Waals surface area contributed by atoms with E-state index in [2.05, 4.69) is 21.5 Å². The number of halogens is 1. The molecule has 9 heteroatoms. The highest BCUT2D eigenvalue weighted by molar-refractivity contribution is 7.62. The molecule has 7 nitrogen and oxygen atoms in total. The summed E-state index contributed by atoms with van der Waals surface area (Å²) in [6.45, 7) is 8.04. The molecule has 0 aliphatic carbocycles. The lowest BCUT2D eigenvalue weighted by atomic mass is 10.5. The summed E-state index contributed by atoms with van der Waals surface area (Å²) in [5.41, 5.74) is 0.903. The predicted octanol–water partition coefficient (Wildman–Crippen LogP) is 2.56. The second kappa shape index (κ2) is 6.66. The zero-order chi connectivity index (χ0) is 15.5. The van der Waals surface area contributed by atoms with Gasteiger partial charge in [-0.15, -0.1) is 6.58 Å². The molecule has 0 amide bonds. The van der Waals surface area contributed by atoms with Crippen molar-refractivity contribution in [2.24, 2.45) is 0 Å². The molecule has 0 atom stereocenters. The molecule has 0 saturated heterocycles. The summed E-state index contributed by atoms with van der Waals surface area (Å²) in [4.78, 5) is 12.4. The van der Waals surface area contributed by atoms with Crippen molar-refractivity contribution in [3.63, 3.8) is 0 Å². The smallest absolute Gasteiger partial charge is 0.311 e. The first-order chi connectivity index (χ1) is 10.1. The highest BCUT2D eigenvalue weighted by Gasteiger charge is 2.33. The quantitative estimate of drug-likeness (QED) is 0.441. The summed E-state index contributed by atoms with van der Waals surface area (Å²) in [7, 11) is -3.59. The van der Waals surface area contributed by atoms with Crippen LogP contribution in [0.4, 0.5) is 0 Å². The average molecular weight is 331 g/mol. The first kappa shape index (κ1) is 16.1. The van der Waals surface area contributed by atoms with Gasteiger partial charge in [0.15, 0.2) is 11.1 Å². The number of allylic oxidation sites excluding steroid dienone is 1. The third-order valence-electron chi connectivity index (χ3n) is 2.60. The molecule has 2 rings (SSSR count). The maximum Gasteiger partial charge on any atom is 0.382 e. The van der Waals surface area contributed by atoms with E-state index >= 15 is 0 Å². The van der Waals surface area contributed by atoms with Gasteiger partial charge < -0.3 is 13.6 Å². The largest absolute Gasteiger partial charge is 0.382 e. The lowest BCUT2D eigenvalue weighted by Crippen LogP contribution is -2.17. The molecule has 0 bridgehead atoms. The zero-order valence-electron chi connectivity index (χ0n) is 11.8. The van der Waals surface area contributed by atoms with Crippen LogP contribution in [0, 0.1) is 0 Å². The van der Waals surface area contributed by atoms with E-state index < -0.39 is 7.60 Å². The van der Waals surface area contributed by atoms with Crippen LogP contribution in [0.3, 0.4) is 0 Å². The van der Waals surface area contributed by atoms with Crippen LogP contribution >= 0.6 is 19.2 Å². The second-order valence-corrected chi connectivity index (χ2v) is 6.28. The minimum Gasteiger partial charge on any atom is -0.311 e. The fraction of sp³-hybridized carbons (Fsp3) is 0.417. The van der Waals surface area contributed by atoms with Crippen LogP contribution in [0.1, 0.15) is 13.8 Å². The van der Waals surface area contributed by atoms with E-state index in [1.54, 1.807) is 30.8 Å². The molecule has 0 spiro atoms. The Hall–Kier alpha value is -1.27. The van der Waals surface area contributed by atoms with E-state index in [1.807, 2.05) is 0 Å². The highest BCUT2D eigenvalue weighted by atomic mass is 35.5. The molecule has 0 radical (unpaired) electrons. The van der Waals surface area contributed by atoms with E-state index in [1.165, 1.54) is 0 Å². The molecule has 0 aliphatic rings. The molecular weight excluding hydrogens is 315 g/mol. The summed E-state index contributed by atoms with van der Waals surface area (Å²) >= 11 is 5.94. The lowest BCUT2D eigenvalue weighted by molar-refractivity contribution is 0.229. The van der Waals surface area contributed by atoms with Gasteiger partial charge in [-0.1, -0.05) is 6.08 Å². The van der Waals surface area contributed by atoms with Crippen molar-refractivity contribution in [3.8, 4) is 0 Å². The second-order valence-electron chi connectivity index (χ2n) is 4.01. The Labute approximate surface area is 127 Å². The SMILES string of the molecule is C=CCn1cnc2c(P(=O)(OCC)OCC)nc(Cl)nc21. The number of rotatable bonds is 7. The Morgan fingerprint density at radius 2 is 2.05 bits per heavy atom. The van der Waals surface area contributed by atoms with Gasteiger partial charge in [-0.3, -0.25) is 4.57 Å². The van der Waals surface area contributed by atoms with Crippen LogP contribution in [0.15, 0.2) is 19.0 Å². The maximum atomic E-state index is 12.9. The molecule has 0 fully saturated rings. The molecule has 21 heavy (non-hydrogen) atoms. The summed E-state index contributed by atoms with van der Waals surface area (Å²) in [6, 6.07) is 0. The van der Waals surface area contributed by atoms with Crippen molar-refractivity contribution in [1.29, 1.82) is 0 Å². The zero-order valence-corrected chi connectivity index (χ0v) is 13.5. The predicted molar refractivity (Wildman–Crippen MR) is 81.0 cm³/mol. The van der Waals surface area contributed by atoms with Crippen LogP contribution < -0.4 is 5.44 Å². The van der Waals surface area contributed by atoms with Gasteiger partial charge in [0.2, 0.25) is 5.28 Å². The van der Waals surface area contributed by atoms with Crippen molar-refractivity contribution in [2.75, 3.05) is 13.2 Å². The van der Waals surface area contributed by atoms with Crippen LogP contribution in [-0.2, 0) is 20.2 Å². The monoisotopic (exact) mass is 330 g/mol. The van der Waals surface area contributed by atoms with E-state index in [9.17, 15) is 4.57 Å². The molecular formula is C12H16ClN4O3P. The topological polar surface area (TPSA) is 79.1 Å². The molecule has 0 saturated carbocycles. The van der Waals surface area contributed by atoms with Crippen molar-refractivity contribution in [2.45, 2.75) is 20.4 Å². The van der Waals surface area contributed by atoms with Gasteiger partial charge in [0, 0.05) is 6.54 Å². The minimum absolute atomic E-state index is 0.0389. The van der Waals surface area contributed by atoms with Crippen LogP contribution in [-0.4, -0.2) is 32.7 Å².